The third-order valence-corrected chi connectivity index (χ3v) is 6.32. The van der Waals surface area contributed by atoms with E-state index in [9.17, 15) is 9.59 Å². The van der Waals surface area contributed by atoms with E-state index < -0.39 is 6.04 Å². The van der Waals surface area contributed by atoms with Crippen LogP contribution >= 0.6 is 11.3 Å². The third-order valence-electron chi connectivity index (χ3n) is 5.45. The van der Waals surface area contributed by atoms with Crippen molar-refractivity contribution in [3.05, 3.63) is 76.4 Å². The minimum Gasteiger partial charge on any atom is -0.464 e. The van der Waals surface area contributed by atoms with Crippen molar-refractivity contribution in [3.8, 4) is 0 Å². The summed E-state index contributed by atoms with van der Waals surface area (Å²) in [5.41, 5.74) is 0.680. The average Bonchev–Trinajstić information content (AvgIpc) is 3.50. The van der Waals surface area contributed by atoms with Gasteiger partial charge in [-0.2, -0.15) is 0 Å². The molecule has 5 nitrogen and oxygen atoms in total. The van der Waals surface area contributed by atoms with E-state index in [0.29, 0.717) is 17.2 Å². The largest absolute Gasteiger partial charge is 0.464 e. The van der Waals surface area contributed by atoms with Gasteiger partial charge in [-0.1, -0.05) is 37.1 Å². The highest BCUT2D eigenvalue weighted by Gasteiger charge is 2.36. The molecule has 2 amide bonds. The van der Waals surface area contributed by atoms with Crippen molar-refractivity contribution < 1.29 is 14.0 Å². The topological polar surface area (TPSA) is 62.6 Å². The molecule has 3 aromatic rings. The number of carbonyl (C=O) groups is 2. The number of carbonyl (C=O) groups excluding carboxylic acids is 2. The van der Waals surface area contributed by atoms with Crippen LogP contribution in [0, 0.1) is 6.92 Å². The van der Waals surface area contributed by atoms with Crippen molar-refractivity contribution in [2.75, 3.05) is 4.90 Å². The van der Waals surface area contributed by atoms with Gasteiger partial charge in [0.25, 0.3) is 5.91 Å². The summed E-state index contributed by atoms with van der Waals surface area (Å²) < 4.78 is 5.87. The summed E-state index contributed by atoms with van der Waals surface area (Å²) >= 11 is 1.54. The molecule has 30 heavy (non-hydrogen) atoms. The number of amides is 2. The Balaban J connectivity index is 1.71. The number of hydrogen-bond acceptors (Lipinski definition) is 4. The number of anilines is 1. The molecule has 156 valence electrons. The highest BCUT2D eigenvalue weighted by molar-refractivity contribution is 7.10. The van der Waals surface area contributed by atoms with Crippen LogP contribution in [0.4, 0.5) is 5.69 Å². The van der Waals surface area contributed by atoms with Crippen LogP contribution < -0.4 is 10.2 Å². The Labute approximate surface area is 180 Å². The molecule has 1 unspecified atom stereocenters. The maximum absolute atomic E-state index is 13.5. The van der Waals surface area contributed by atoms with E-state index in [1.165, 1.54) is 11.3 Å². The molecule has 2 aromatic heterocycles. The van der Waals surface area contributed by atoms with Gasteiger partial charge in [0.05, 0.1) is 6.42 Å². The summed E-state index contributed by atoms with van der Waals surface area (Å²) in [6, 6.07) is 16.2. The second kappa shape index (κ2) is 9.30. The van der Waals surface area contributed by atoms with Crippen LogP contribution in [0.2, 0.25) is 0 Å². The SMILES string of the molecule is Cc1ccc(C(C(=O)NC2CCCC2)N(C(=O)Cc2cccs2)c2ccccc2)o1. The first-order valence-corrected chi connectivity index (χ1v) is 11.3. The van der Waals surface area contributed by atoms with Crippen molar-refractivity contribution in [1.82, 2.24) is 5.32 Å². The normalized spacial score (nSPS) is 15.1. The Hall–Kier alpha value is -2.86. The Kier molecular flexibility index (Phi) is 6.33. The predicted molar refractivity (Wildman–Crippen MR) is 119 cm³/mol. The molecule has 4 rings (SSSR count). The lowest BCUT2D eigenvalue weighted by Gasteiger charge is -2.31. The summed E-state index contributed by atoms with van der Waals surface area (Å²) in [4.78, 5) is 29.5. The average molecular weight is 423 g/mol. The van der Waals surface area contributed by atoms with Crippen LogP contribution in [0.1, 0.15) is 48.1 Å². The monoisotopic (exact) mass is 422 g/mol. The molecular formula is C24H26N2O3S. The van der Waals surface area contributed by atoms with Gasteiger partial charge in [0.2, 0.25) is 5.91 Å². The van der Waals surface area contributed by atoms with E-state index >= 15 is 0 Å². The maximum atomic E-state index is 13.5. The number of nitrogens with one attached hydrogen (secondary N) is 1. The smallest absolute Gasteiger partial charge is 0.251 e. The fraction of sp³-hybridized carbons (Fsp3) is 0.333. The fourth-order valence-corrected chi connectivity index (χ4v) is 4.69. The van der Waals surface area contributed by atoms with Crippen LogP contribution in [-0.4, -0.2) is 17.9 Å². The van der Waals surface area contributed by atoms with E-state index in [4.69, 9.17) is 4.42 Å². The van der Waals surface area contributed by atoms with Crippen molar-refractivity contribution in [2.24, 2.45) is 0 Å². The van der Waals surface area contributed by atoms with Gasteiger partial charge in [-0.3, -0.25) is 14.5 Å². The van der Waals surface area contributed by atoms with Crippen molar-refractivity contribution in [2.45, 2.75) is 51.1 Å². The first-order valence-electron chi connectivity index (χ1n) is 10.4. The highest BCUT2D eigenvalue weighted by atomic mass is 32.1. The minimum absolute atomic E-state index is 0.135. The zero-order valence-corrected chi connectivity index (χ0v) is 17.9. The molecule has 0 bridgehead atoms. The number of hydrogen-bond donors (Lipinski definition) is 1. The minimum atomic E-state index is -0.853. The zero-order valence-electron chi connectivity index (χ0n) is 17.0. The summed E-state index contributed by atoms with van der Waals surface area (Å²) in [7, 11) is 0. The Morgan fingerprint density at radius 1 is 1.10 bits per heavy atom. The molecule has 0 radical (unpaired) electrons. The summed E-state index contributed by atoms with van der Waals surface area (Å²) in [6.07, 6.45) is 4.43. The molecule has 1 fully saturated rings. The van der Waals surface area contributed by atoms with Gasteiger partial charge in [-0.05, 0) is 55.5 Å². The van der Waals surface area contributed by atoms with Crippen molar-refractivity contribution >= 4 is 28.8 Å². The fourth-order valence-electron chi connectivity index (χ4n) is 4.00. The molecule has 1 aromatic carbocycles. The van der Waals surface area contributed by atoms with Crippen molar-refractivity contribution in [3.63, 3.8) is 0 Å². The highest BCUT2D eigenvalue weighted by Crippen LogP contribution is 2.31. The molecule has 0 spiro atoms. The lowest BCUT2D eigenvalue weighted by Crippen LogP contribution is -2.46. The Morgan fingerprint density at radius 2 is 1.87 bits per heavy atom. The van der Waals surface area contributed by atoms with Gasteiger partial charge in [0.15, 0.2) is 6.04 Å². The Morgan fingerprint density at radius 3 is 2.50 bits per heavy atom. The predicted octanol–water partition coefficient (Wildman–Crippen LogP) is 5.03. The summed E-state index contributed by atoms with van der Waals surface area (Å²) in [5.74, 6) is 0.859. The number of aryl methyl sites for hydroxylation is 1. The molecule has 0 aliphatic heterocycles. The van der Waals surface area contributed by atoms with Gasteiger partial charge in [0, 0.05) is 16.6 Å². The van der Waals surface area contributed by atoms with E-state index in [2.05, 4.69) is 5.32 Å². The number of rotatable bonds is 7. The van der Waals surface area contributed by atoms with Crippen LogP contribution in [0.3, 0.4) is 0 Å². The van der Waals surface area contributed by atoms with E-state index in [-0.39, 0.29) is 24.3 Å². The van der Waals surface area contributed by atoms with Crippen molar-refractivity contribution in [1.29, 1.82) is 0 Å². The molecule has 1 aliphatic rings. The molecule has 1 N–H and O–H groups in total. The molecule has 1 aliphatic carbocycles. The summed E-state index contributed by atoms with van der Waals surface area (Å²) in [6.45, 7) is 1.84. The molecule has 1 atom stereocenters. The zero-order chi connectivity index (χ0) is 20.9. The number of para-hydroxylation sites is 1. The Bertz CT molecular complexity index is 975. The van der Waals surface area contributed by atoms with E-state index in [1.54, 1.807) is 11.0 Å². The number of nitrogens with zero attached hydrogens (tertiary/aromatic N) is 1. The quantitative estimate of drug-likeness (QED) is 0.581. The summed E-state index contributed by atoms with van der Waals surface area (Å²) in [5, 5.41) is 5.11. The first-order chi connectivity index (χ1) is 14.6. The lowest BCUT2D eigenvalue weighted by atomic mass is 10.1. The molecule has 2 heterocycles. The van der Waals surface area contributed by atoms with Crippen LogP contribution in [-0.2, 0) is 16.0 Å². The molecule has 1 saturated carbocycles. The number of thiophene rings is 1. The number of benzene rings is 1. The lowest BCUT2D eigenvalue weighted by molar-refractivity contribution is -0.127. The van der Waals surface area contributed by atoms with E-state index in [1.807, 2.05) is 60.8 Å². The van der Waals surface area contributed by atoms with Crippen LogP contribution in [0.25, 0.3) is 0 Å². The first kappa shape index (κ1) is 20.4. The van der Waals surface area contributed by atoms with Gasteiger partial charge < -0.3 is 9.73 Å². The third kappa shape index (κ3) is 4.65. The van der Waals surface area contributed by atoms with Gasteiger partial charge in [-0.15, -0.1) is 11.3 Å². The van der Waals surface area contributed by atoms with Gasteiger partial charge in [-0.25, -0.2) is 0 Å². The van der Waals surface area contributed by atoms with Crippen LogP contribution in [0.15, 0.2) is 64.4 Å². The molecular weight excluding hydrogens is 396 g/mol. The van der Waals surface area contributed by atoms with Gasteiger partial charge >= 0.3 is 0 Å². The molecule has 6 heteroatoms. The van der Waals surface area contributed by atoms with E-state index in [0.717, 1.165) is 30.6 Å². The second-order valence-electron chi connectivity index (χ2n) is 7.70. The molecule has 0 saturated heterocycles. The standard InChI is InChI=1S/C24H26N2O3S/c1-17-13-14-21(29-17)23(24(28)25-18-8-5-6-9-18)26(19-10-3-2-4-11-19)22(27)16-20-12-7-15-30-20/h2-4,7,10-15,18,23H,5-6,8-9,16H2,1H3,(H,25,28). The number of furan rings is 1. The van der Waals surface area contributed by atoms with Gasteiger partial charge in [0.1, 0.15) is 11.5 Å². The maximum Gasteiger partial charge on any atom is 0.251 e. The second-order valence-corrected chi connectivity index (χ2v) is 8.73. The van der Waals surface area contributed by atoms with Crippen LogP contribution in [0.5, 0.6) is 0 Å².